The Kier molecular flexibility index (Phi) is 5.00. The maximum absolute atomic E-state index is 13.2. The lowest BCUT2D eigenvalue weighted by atomic mass is 9.90. The number of nitrogens with zero attached hydrogens (tertiary/aromatic N) is 2. The molecule has 2 N–H and O–H groups in total. The minimum atomic E-state index is -1.26. The first-order valence-electron chi connectivity index (χ1n) is 10.1. The first-order valence-corrected chi connectivity index (χ1v) is 10.1. The predicted molar refractivity (Wildman–Crippen MR) is 116 cm³/mol. The molecule has 160 valence electrons. The van der Waals surface area contributed by atoms with Gasteiger partial charge in [-0.2, -0.15) is 0 Å². The maximum atomic E-state index is 13.2. The zero-order chi connectivity index (χ0) is 22.3. The van der Waals surface area contributed by atoms with E-state index in [0.29, 0.717) is 22.9 Å². The number of anilines is 2. The first-order chi connectivity index (χ1) is 14.7. The number of rotatable bonds is 4. The molecular formula is C23H24N4O4. The van der Waals surface area contributed by atoms with E-state index in [2.05, 4.69) is 24.5 Å². The number of nitrogens with one attached hydrogen (secondary N) is 2. The van der Waals surface area contributed by atoms with Gasteiger partial charge in [0.25, 0.3) is 5.91 Å². The Morgan fingerprint density at radius 3 is 2.42 bits per heavy atom. The molecule has 0 radical (unpaired) electrons. The van der Waals surface area contributed by atoms with Gasteiger partial charge in [0.1, 0.15) is 18.6 Å². The van der Waals surface area contributed by atoms with Crippen molar-refractivity contribution in [3.8, 4) is 0 Å². The van der Waals surface area contributed by atoms with Crippen LogP contribution in [0.5, 0.6) is 0 Å². The summed E-state index contributed by atoms with van der Waals surface area (Å²) in [5.41, 5.74) is 1.56. The van der Waals surface area contributed by atoms with E-state index in [0.717, 1.165) is 10.5 Å². The molecule has 0 bridgehead atoms. The average molecular weight is 420 g/mol. The normalized spacial score (nSPS) is 20.6. The molecule has 0 aromatic heterocycles. The molecule has 31 heavy (non-hydrogen) atoms. The van der Waals surface area contributed by atoms with Gasteiger partial charge in [-0.05, 0) is 36.1 Å². The number of para-hydroxylation sites is 2. The van der Waals surface area contributed by atoms with Crippen LogP contribution >= 0.6 is 0 Å². The number of carbonyl (C=O) groups is 4. The Labute approximate surface area is 180 Å². The fourth-order valence-electron chi connectivity index (χ4n) is 3.91. The second-order valence-corrected chi connectivity index (χ2v) is 8.27. The van der Waals surface area contributed by atoms with Crippen LogP contribution in [0.3, 0.4) is 0 Å². The summed E-state index contributed by atoms with van der Waals surface area (Å²) in [6.45, 7) is 5.16. The van der Waals surface area contributed by atoms with Gasteiger partial charge in [-0.25, -0.2) is 4.79 Å². The Hall–Kier alpha value is -3.68. The van der Waals surface area contributed by atoms with Gasteiger partial charge in [0.05, 0.1) is 11.4 Å². The number of fused-ring (bicyclic) bond motifs is 1. The predicted octanol–water partition coefficient (Wildman–Crippen LogP) is 2.56. The van der Waals surface area contributed by atoms with E-state index < -0.39 is 29.9 Å². The van der Waals surface area contributed by atoms with Crippen LogP contribution in [-0.2, 0) is 19.9 Å². The van der Waals surface area contributed by atoms with Gasteiger partial charge in [-0.3, -0.25) is 24.2 Å². The molecule has 0 spiro atoms. The number of benzene rings is 2. The molecule has 1 atom stereocenters. The lowest BCUT2D eigenvalue weighted by Crippen LogP contribution is -2.48. The molecule has 0 aliphatic carbocycles. The SMILES string of the molecule is CC(C)c1ccc([C@]2(C)NC(=O)N(CC(=O)N3CC(=O)Nc4ccccc43)C2=O)cc1. The second-order valence-electron chi connectivity index (χ2n) is 8.27. The quantitative estimate of drug-likeness (QED) is 0.743. The van der Waals surface area contributed by atoms with Crippen molar-refractivity contribution in [1.29, 1.82) is 0 Å². The molecule has 2 aromatic rings. The van der Waals surface area contributed by atoms with Crippen molar-refractivity contribution in [2.24, 2.45) is 0 Å². The molecule has 0 saturated carbocycles. The highest BCUT2D eigenvalue weighted by molar-refractivity contribution is 6.14. The fourth-order valence-corrected chi connectivity index (χ4v) is 3.91. The van der Waals surface area contributed by atoms with Gasteiger partial charge in [0.2, 0.25) is 11.8 Å². The van der Waals surface area contributed by atoms with E-state index in [-0.39, 0.29) is 12.5 Å². The third-order valence-corrected chi connectivity index (χ3v) is 5.79. The van der Waals surface area contributed by atoms with E-state index in [1.165, 1.54) is 4.90 Å². The summed E-state index contributed by atoms with van der Waals surface area (Å²) in [6, 6.07) is 13.8. The number of urea groups is 1. The van der Waals surface area contributed by atoms with Crippen molar-refractivity contribution >= 4 is 35.1 Å². The van der Waals surface area contributed by atoms with Gasteiger partial charge in [-0.1, -0.05) is 50.2 Å². The second kappa shape index (κ2) is 7.54. The molecule has 5 amide bonds. The smallest absolute Gasteiger partial charge is 0.323 e. The lowest BCUT2D eigenvalue weighted by molar-refractivity contribution is -0.134. The number of imide groups is 1. The molecule has 2 aliphatic heterocycles. The van der Waals surface area contributed by atoms with Crippen molar-refractivity contribution < 1.29 is 19.2 Å². The summed E-state index contributed by atoms with van der Waals surface area (Å²) in [5, 5.41) is 5.43. The van der Waals surface area contributed by atoms with Crippen LogP contribution in [0.15, 0.2) is 48.5 Å². The van der Waals surface area contributed by atoms with Crippen LogP contribution in [0.4, 0.5) is 16.2 Å². The van der Waals surface area contributed by atoms with Crippen molar-refractivity contribution in [2.45, 2.75) is 32.2 Å². The minimum Gasteiger partial charge on any atom is -0.323 e. The largest absolute Gasteiger partial charge is 0.325 e. The van der Waals surface area contributed by atoms with Crippen molar-refractivity contribution in [3.05, 3.63) is 59.7 Å². The van der Waals surface area contributed by atoms with Crippen LogP contribution < -0.4 is 15.5 Å². The number of hydrogen-bond donors (Lipinski definition) is 2. The van der Waals surface area contributed by atoms with Gasteiger partial charge in [0, 0.05) is 0 Å². The summed E-state index contributed by atoms with van der Waals surface area (Å²) in [5.74, 6) is -1.00. The summed E-state index contributed by atoms with van der Waals surface area (Å²) in [4.78, 5) is 53.0. The number of amides is 5. The highest BCUT2D eigenvalue weighted by atomic mass is 16.2. The number of carbonyl (C=O) groups excluding carboxylic acids is 4. The molecule has 2 aromatic carbocycles. The highest BCUT2D eigenvalue weighted by Gasteiger charge is 2.50. The van der Waals surface area contributed by atoms with Gasteiger partial charge < -0.3 is 10.6 Å². The topological polar surface area (TPSA) is 98.8 Å². The highest BCUT2D eigenvalue weighted by Crippen LogP contribution is 2.32. The van der Waals surface area contributed by atoms with Gasteiger partial charge in [0.15, 0.2) is 0 Å². The summed E-state index contributed by atoms with van der Waals surface area (Å²) in [6.07, 6.45) is 0. The van der Waals surface area contributed by atoms with E-state index in [4.69, 9.17) is 0 Å². The zero-order valence-electron chi connectivity index (χ0n) is 17.6. The Morgan fingerprint density at radius 2 is 1.74 bits per heavy atom. The third kappa shape index (κ3) is 3.54. The summed E-state index contributed by atoms with van der Waals surface area (Å²) >= 11 is 0. The van der Waals surface area contributed by atoms with Crippen molar-refractivity contribution in [1.82, 2.24) is 10.2 Å². The molecule has 1 fully saturated rings. The molecule has 4 rings (SSSR count). The van der Waals surface area contributed by atoms with Crippen LogP contribution in [0.2, 0.25) is 0 Å². The van der Waals surface area contributed by atoms with Gasteiger partial charge >= 0.3 is 6.03 Å². The average Bonchev–Trinajstić information content (AvgIpc) is 2.97. The minimum absolute atomic E-state index is 0.173. The molecule has 0 unspecified atom stereocenters. The molecule has 1 saturated heterocycles. The van der Waals surface area contributed by atoms with Gasteiger partial charge in [-0.15, -0.1) is 0 Å². The van der Waals surface area contributed by atoms with E-state index in [1.807, 2.05) is 24.3 Å². The molecule has 8 nitrogen and oxygen atoms in total. The van der Waals surface area contributed by atoms with Crippen LogP contribution in [0.1, 0.15) is 37.8 Å². The summed E-state index contributed by atoms with van der Waals surface area (Å²) < 4.78 is 0. The summed E-state index contributed by atoms with van der Waals surface area (Å²) in [7, 11) is 0. The molecule has 2 aliphatic rings. The number of hydrogen-bond acceptors (Lipinski definition) is 4. The van der Waals surface area contributed by atoms with Crippen molar-refractivity contribution in [3.63, 3.8) is 0 Å². The molecule has 2 heterocycles. The Balaban J connectivity index is 1.56. The van der Waals surface area contributed by atoms with E-state index >= 15 is 0 Å². The maximum Gasteiger partial charge on any atom is 0.325 e. The standard InChI is InChI=1S/C23H24N4O4/c1-14(2)15-8-10-16(11-9-15)23(3)21(30)27(22(31)25-23)13-20(29)26-12-19(28)24-17-6-4-5-7-18(17)26/h4-11,14H,12-13H2,1-3H3,(H,24,28)(H,25,31)/t23-/m0/s1. The molecule has 8 heteroatoms. The molecular weight excluding hydrogens is 396 g/mol. The van der Waals surface area contributed by atoms with Crippen LogP contribution in [0.25, 0.3) is 0 Å². The monoisotopic (exact) mass is 420 g/mol. The Morgan fingerprint density at radius 1 is 1.06 bits per heavy atom. The zero-order valence-corrected chi connectivity index (χ0v) is 17.6. The van der Waals surface area contributed by atoms with E-state index in [9.17, 15) is 19.2 Å². The Bertz CT molecular complexity index is 1080. The third-order valence-electron chi connectivity index (χ3n) is 5.79. The lowest BCUT2D eigenvalue weighted by Gasteiger charge is -2.30. The van der Waals surface area contributed by atoms with Crippen LogP contribution in [-0.4, -0.2) is 41.7 Å². The first kappa shape index (κ1) is 20.6. The van der Waals surface area contributed by atoms with Crippen LogP contribution in [0, 0.1) is 0 Å². The fraction of sp³-hybridized carbons (Fsp3) is 0.304. The van der Waals surface area contributed by atoms with Crippen molar-refractivity contribution in [2.75, 3.05) is 23.3 Å². The van der Waals surface area contributed by atoms with E-state index in [1.54, 1.807) is 31.2 Å².